The van der Waals surface area contributed by atoms with Crippen LogP contribution in [0.25, 0.3) is 0 Å². The van der Waals surface area contributed by atoms with Crippen molar-refractivity contribution in [2.45, 2.75) is 441 Å². The number of hydrogen-bond acceptors (Lipinski definition) is 15. The van der Waals surface area contributed by atoms with E-state index in [2.05, 4.69) is 96.9 Å². The van der Waals surface area contributed by atoms with Gasteiger partial charge in [0.25, 0.3) is 0 Å². The van der Waals surface area contributed by atoms with Crippen molar-refractivity contribution in [1.82, 2.24) is 0 Å². The Kier molecular flexibility index (Phi) is 59.1. The third kappa shape index (κ3) is 51.7. The molecular formula is C97H189O16P. The Morgan fingerprint density at radius 3 is 1.07 bits per heavy atom. The minimum atomic E-state index is -4.47. The molecule has 4 aliphatic rings. The molecule has 27 atom stereocenters. The average molecular weight is 1640 g/mol. The molecule has 0 aromatic rings. The first-order chi connectivity index (χ1) is 54.6. The molecule has 2 saturated carbocycles. The van der Waals surface area contributed by atoms with Crippen LogP contribution in [0.4, 0.5) is 0 Å². The second-order valence-corrected chi connectivity index (χ2v) is 42.2. The normalized spacial score (nSPS) is 38.4. The van der Waals surface area contributed by atoms with Crippen molar-refractivity contribution in [3.63, 3.8) is 0 Å². The minimum Gasteiger partial charge on any atom is -0.394 e. The summed E-state index contributed by atoms with van der Waals surface area (Å²) in [6, 6.07) is 0. The molecule has 0 radical (unpaired) electrons. The summed E-state index contributed by atoms with van der Waals surface area (Å²) in [6.45, 7) is 35.4. The van der Waals surface area contributed by atoms with Gasteiger partial charge in [-0.05, 0) is 158 Å². The largest absolute Gasteiger partial charge is 0.472 e. The van der Waals surface area contributed by atoms with E-state index in [9.17, 15) is 40.1 Å². The van der Waals surface area contributed by atoms with Gasteiger partial charge in [0.15, 0.2) is 6.29 Å². The summed E-state index contributed by atoms with van der Waals surface area (Å²) in [4.78, 5) is 10.4. The van der Waals surface area contributed by atoms with Crippen LogP contribution in [0.5, 0.6) is 0 Å². The Bertz CT molecular complexity index is 2290. The highest BCUT2D eigenvalue weighted by Crippen LogP contribution is 2.44. The summed E-state index contributed by atoms with van der Waals surface area (Å²) in [5.74, 6) is 13.4. The Balaban J connectivity index is 1.21. The first-order valence-electron chi connectivity index (χ1n) is 48.8. The number of phosphoric acid groups is 1. The van der Waals surface area contributed by atoms with Gasteiger partial charge in [0.05, 0.1) is 46.2 Å². The van der Waals surface area contributed by atoms with Gasteiger partial charge >= 0.3 is 7.82 Å². The zero-order chi connectivity index (χ0) is 83.5. The number of hydrogen-bond donors (Lipinski definition) is 7. The quantitative estimate of drug-likeness (QED) is 0.0953. The Morgan fingerprint density at radius 2 is 0.667 bits per heavy atom. The highest BCUT2D eigenvalue weighted by Gasteiger charge is 2.44. The van der Waals surface area contributed by atoms with Crippen LogP contribution in [-0.4, -0.2) is 157 Å². The Morgan fingerprint density at radius 1 is 0.333 bits per heavy atom. The third-order valence-electron chi connectivity index (χ3n) is 28.2. The second-order valence-electron chi connectivity index (χ2n) is 40.7. The average Bonchev–Trinajstić information content (AvgIpc) is 1.05. The fourth-order valence-corrected chi connectivity index (χ4v) is 20.4. The van der Waals surface area contributed by atoms with Gasteiger partial charge in [0.1, 0.15) is 42.7 Å². The van der Waals surface area contributed by atoms with E-state index in [1.54, 1.807) is 0 Å². The topological polar surface area (TPSA) is 233 Å². The molecule has 7 N–H and O–H groups in total. The van der Waals surface area contributed by atoms with Crippen molar-refractivity contribution in [3.8, 4) is 0 Å². The van der Waals surface area contributed by atoms with Gasteiger partial charge in [-0.3, -0.25) is 9.05 Å². The van der Waals surface area contributed by atoms with Gasteiger partial charge in [-0.15, -0.1) is 0 Å². The summed E-state index contributed by atoms with van der Waals surface area (Å²) >= 11 is 0. The van der Waals surface area contributed by atoms with Gasteiger partial charge < -0.3 is 64.0 Å². The van der Waals surface area contributed by atoms with E-state index < -0.39 is 76.7 Å². The lowest BCUT2D eigenvalue weighted by Crippen LogP contribution is -2.59. The number of ether oxygens (including phenoxy) is 6. The number of aliphatic hydroxyl groups is 6. The van der Waals surface area contributed by atoms with E-state index in [4.69, 9.17) is 37.5 Å². The zero-order valence-corrected chi connectivity index (χ0v) is 77.5. The minimum absolute atomic E-state index is 0.0967. The first-order valence-corrected chi connectivity index (χ1v) is 50.3. The molecule has 678 valence electrons. The monoisotopic (exact) mass is 1640 g/mol. The number of phosphoric ester groups is 1. The lowest BCUT2D eigenvalue weighted by Gasteiger charge is -2.40. The summed E-state index contributed by atoms with van der Waals surface area (Å²) in [5.41, 5.74) is 0. The predicted molar refractivity (Wildman–Crippen MR) is 470 cm³/mol. The van der Waals surface area contributed by atoms with Crippen molar-refractivity contribution in [2.75, 3.05) is 72.7 Å². The standard InChI is InChI=1S/C97H189O16P/c1-72-27-17-29-74(3)33-21-39-80(9)54-57-106-68-91(70-110-97-96(103)95(102)94(101)93(65-99)113-97)108-59-56-82(11)41-25-45-87-51-53-89(63-87)61-84(13)43-24-38-79(8)49-47-77(6)36-20-32-73(2)28-18-30-75(4)34-22-40-81(10)55-58-107-69-92(71-112-114(104,105)111-67-90(100)64-98)109-66-85(14)26-15-16-44-86-50-52-88(62-86)60-83(12)42-23-37-78(7)48-46-76(5)35-19-31-72/h72-103H,15-71H2,1-14H3,(H,104,105)/t72?,73?,74?,75?,76?,77?,78?,79?,80?,81?,82?,83?,84?,85?,86?,87?,88?,89?,90?,91?,92?,93-,94-,95+,96-,97-/m1/s1. The summed E-state index contributed by atoms with van der Waals surface area (Å²) in [7, 11) is -4.47. The molecule has 17 heteroatoms. The van der Waals surface area contributed by atoms with Gasteiger partial charge in [-0.2, -0.15) is 0 Å². The van der Waals surface area contributed by atoms with Gasteiger partial charge in [0.2, 0.25) is 0 Å². The van der Waals surface area contributed by atoms with E-state index in [0.717, 1.165) is 109 Å². The smallest absolute Gasteiger partial charge is 0.394 e. The maximum Gasteiger partial charge on any atom is 0.472 e. The second kappa shape index (κ2) is 63.5. The molecule has 16 nitrogen and oxygen atoms in total. The van der Waals surface area contributed by atoms with E-state index >= 15 is 0 Å². The first kappa shape index (κ1) is 106. The Labute approximate surface area is 702 Å². The molecular weight excluding hydrogens is 1450 g/mol. The highest BCUT2D eigenvalue weighted by atomic mass is 31.2. The SMILES string of the molecule is CC1CCCC(C)CCCC(C)CCC(C)CCCC(C)CC2CCC(CCCCC(C)COC(COP(=O)(O)OCC(O)CO)COCCC(C)CCCC(C)CCCC(C)CCCC(C)CCC(C)CCCC(C)CC3CCC(CCCC(C)CCOC(CO[C@@H]4O[C@H](CO)[C@@H](O)[C@H](O)[C@H]4O)COCCC(C)CCC1)C3)C2. The summed E-state index contributed by atoms with van der Waals surface area (Å²) in [6.07, 6.45) is 51.0. The van der Waals surface area contributed by atoms with Crippen LogP contribution in [0.15, 0.2) is 0 Å². The lowest BCUT2D eigenvalue weighted by atomic mass is 9.87. The number of fused-ring (bicyclic) bond motifs is 4. The van der Waals surface area contributed by atoms with Crippen molar-refractivity contribution in [1.29, 1.82) is 0 Å². The maximum atomic E-state index is 12.7. The molecule has 0 spiro atoms. The van der Waals surface area contributed by atoms with E-state index in [1.165, 1.54) is 270 Å². The van der Waals surface area contributed by atoms with Gasteiger partial charge in [0, 0.05) is 26.4 Å². The van der Waals surface area contributed by atoms with Crippen LogP contribution in [0.3, 0.4) is 0 Å². The number of aliphatic hydroxyl groups excluding tert-OH is 6. The molecule has 2 aliphatic heterocycles. The van der Waals surface area contributed by atoms with Crippen molar-refractivity contribution in [3.05, 3.63) is 0 Å². The zero-order valence-electron chi connectivity index (χ0n) is 76.6. The van der Waals surface area contributed by atoms with Crippen molar-refractivity contribution >= 4 is 7.82 Å². The molecule has 22 unspecified atom stereocenters. The molecule has 2 aliphatic carbocycles. The molecule has 0 aromatic carbocycles. The molecule has 2 heterocycles. The molecule has 4 fully saturated rings. The lowest BCUT2D eigenvalue weighted by molar-refractivity contribution is -0.306. The molecule has 4 bridgehead atoms. The van der Waals surface area contributed by atoms with Crippen LogP contribution in [0.1, 0.15) is 392 Å². The van der Waals surface area contributed by atoms with E-state index in [-0.39, 0.29) is 19.8 Å². The maximum absolute atomic E-state index is 12.7. The molecule has 2 saturated heterocycles. The Hall–Kier alpha value is -0.370. The summed E-state index contributed by atoms with van der Waals surface area (Å²) in [5, 5.41) is 60.3. The molecule has 0 amide bonds. The number of rotatable bonds is 11. The predicted octanol–water partition coefficient (Wildman–Crippen LogP) is 23.4. The van der Waals surface area contributed by atoms with Crippen molar-refractivity contribution in [2.24, 2.45) is 107 Å². The van der Waals surface area contributed by atoms with E-state index in [1.807, 2.05) is 0 Å². The van der Waals surface area contributed by atoms with Crippen LogP contribution < -0.4 is 0 Å². The van der Waals surface area contributed by atoms with Gasteiger partial charge in [-0.25, -0.2) is 4.57 Å². The van der Waals surface area contributed by atoms with E-state index in [0.29, 0.717) is 56.7 Å². The fourth-order valence-electron chi connectivity index (χ4n) is 19.6. The van der Waals surface area contributed by atoms with Crippen LogP contribution in [0, 0.1) is 107 Å². The van der Waals surface area contributed by atoms with Crippen LogP contribution in [0.2, 0.25) is 0 Å². The molecule has 4 rings (SSSR count). The van der Waals surface area contributed by atoms with Gasteiger partial charge in [-0.1, -0.05) is 341 Å². The molecule has 114 heavy (non-hydrogen) atoms. The van der Waals surface area contributed by atoms with Crippen LogP contribution in [-0.2, 0) is 42.0 Å². The molecule has 0 aromatic heterocycles. The summed E-state index contributed by atoms with van der Waals surface area (Å²) < 4.78 is 60.0. The third-order valence-corrected chi connectivity index (χ3v) is 29.1. The fraction of sp³-hybridized carbons (Fsp3) is 1.00. The van der Waals surface area contributed by atoms with Crippen molar-refractivity contribution < 1.29 is 77.6 Å². The highest BCUT2D eigenvalue weighted by molar-refractivity contribution is 7.47. The van der Waals surface area contributed by atoms with Crippen LogP contribution >= 0.6 is 7.82 Å².